The van der Waals surface area contributed by atoms with Gasteiger partial charge < -0.3 is 4.74 Å². The Kier molecular flexibility index (Phi) is 6.69. The highest BCUT2D eigenvalue weighted by Crippen LogP contribution is 2.30. The van der Waals surface area contributed by atoms with Crippen LogP contribution in [0, 0.1) is 15.9 Å². The van der Waals surface area contributed by atoms with Gasteiger partial charge in [0.1, 0.15) is 17.3 Å². The Hall–Kier alpha value is -3.99. The van der Waals surface area contributed by atoms with Crippen LogP contribution in [0.1, 0.15) is 12.5 Å². The van der Waals surface area contributed by atoms with Gasteiger partial charge in [0.25, 0.3) is 15.7 Å². The largest absolute Gasteiger partial charge is 0.495 e. The molecule has 0 amide bonds. The van der Waals surface area contributed by atoms with Gasteiger partial charge in [-0.15, -0.1) is 0 Å². The number of hydrazone groups is 1. The van der Waals surface area contributed by atoms with Crippen molar-refractivity contribution < 1.29 is 22.5 Å². The van der Waals surface area contributed by atoms with Crippen molar-refractivity contribution in [3.63, 3.8) is 0 Å². The summed E-state index contributed by atoms with van der Waals surface area (Å²) in [6, 6.07) is 15.6. The zero-order chi connectivity index (χ0) is 23.3. The molecule has 0 fully saturated rings. The average molecular weight is 458 g/mol. The van der Waals surface area contributed by atoms with Crippen LogP contribution < -0.4 is 14.9 Å². The first-order valence-electron chi connectivity index (χ1n) is 9.22. The lowest BCUT2D eigenvalue weighted by Crippen LogP contribution is -2.14. The molecule has 0 aliphatic rings. The first-order valence-corrected chi connectivity index (χ1v) is 10.7. The van der Waals surface area contributed by atoms with Crippen molar-refractivity contribution in [1.82, 2.24) is 0 Å². The van der Waals surface area contributed by atoms with Crippen molar-refractivity contribution in [2.45, 2.75) is 11.8 Å². The number of rotatable bonds is 8. The number of methoxy groups -OCH3 is 1. The van der Waals surface area contributed by atoms with E-state index in [1.807, 2.05) is 0 Å². The number of hydrogen-bond donors (Lipinski definition) is 2. The zero-order valence-corrected chi connectivity index (χ0v) is 17.9. The second-order valence-corrected chi connectivity index (χ2v) is 8.21. The quantitative estimate of drug-likeness (QED) is 0.293. The van der Waals surface area contributed by atoms with E-state index in [-0.39, 0.29) is 27.5 Å². The molecular formula is C21H19FN4O5S. The third-order valence-electron chi connectivity index (χ3n) is 4.44. The second kappa shape index (κ2) is 9.43. The van der Waals surface area contributed by atoms with Crippen LogP contribution >= 0.6 is 0 Å². The summed E-state index contributed by atoms with van der Waals surface area (Å²) >= 11 is 0. The van der Waals surface area contributed by atoms with Gasteiger partial charge in [-0.25, -0.2) is 12.8 Å². The predicted octanol–water partition coefficient (Wildman–Crippen LogP) is 4.38. The number of ether oxygens (including phenoxy) is 1. The molecule has 0 aliphatic carbocycles. The van der Waals surface area contributed by atoms with Crippen molar-refractivity contribution in [1.29, 1.82) is 0 Å². The number of halogens is 1. The summed E-state index contributed by atoms with van der Waals surface area (Å²) in [6.07, 6.45) is 0. The van der Waals surface area contributed by atoms with E-state index >= 15 is 0 Å². The van der Waals surface area contributed by atoms with Crippen molar-refractivity contribution in [3.8, 4) is 5.75 Å². The third-order valence-corrected chi connectivity index (χ3v) is 5.80. The van der Waals surface area contributed by atoms with Crippen molar-refractivity contribution >= 4 is 32.8 Å². The zero-order valence-electron chi connectivity index (χ0n) is 17.1. The number of anilines is 2. The fourth-order valence-corrected chi connectivity index (χ4v) is 3.91. The lowest BCUT2D eigenvalue weighted by Gasteiger charge is -2.12. The summed E-state index contributed by atoms with van der Waals surface area (Å²) in [5.41, 5.74) is 2.61. The molecule has 0 bridgehead atoms. The van der Waals surface area contributed by atoms with E-state index in [1.54, 1.807) is 24.3 Å². The van der Waals surface area contributed by atoms with Crippen LogP contribution in [-0.2, 0) is 10.0 Å². The molecule has 0 unspecified atom stereocenters. The van der Waals surface area contributed by atoms with Crippen LogP contribution in [-0.4, -0.2) is 26.2 Å². The number of nitro benzene ring substituents is 1. The summed E-state index contributed by atoms with van der Waals surface area (Å²) < 4.78 is 46.9. The number of hydrogen-bond acceptors (Lipinski definition) is 7. The van der Waals surface area contributed by atoms with Crippen molar-refractivity contribution in [2.75, 3.05) is 17.3 Å². The molecule has 3 aromatic rings. The Morgan fingerprint density at radius 1 is 1.06 bits per heavy atom. The normalized spacial score (nSPS) is 11.7. The Labute approximate surface area is 183 Å². The Bertz CT molecular complexity index is 1290. The minimum Gasteiger partial charge on any atom is -0.495 e. The summed E-state index contributed by atoms with van der Waals surface area (Å²) in [4.78, 5) is 10.5. The fraction of sp³-hybridized carbons (Fsp3) is 0.0952. The Morgan fingerprint density at radius 2 is 1.75 bits per heavy atom. The van der Waals surface area contributed by atoms with E-state index in [0.29, 0.717) is 5.75 Å². The van der Waals surface area contributed by atoms with E-state index in [0.717, 1.165) is 6.07 Å². The molecule has 0 radical (unpaired) electrons. The highest BCUT2D eigenvalue weighted by molar-refractivity contribution is 7.92. The van der Waals surface area contributed by atoms with Crippen LogP contribution in [0.2, 0.25) is 0 Å². The lowest BCUT2D eigenvalue weighted by atomic mass is 10.1. The third kappa shape index (κ3) is 5.01. The first-order chi connectivity index (χ1) is 15.2. The smallest absolute Gasteiger partial charge is 0.295 e. The van der Waals surface area contributed by atoms with E-state index in [9.17, 15) is 22.9 Å². The maximum absolute atomic E-state index is 13.9. The van der Waals surface area contributed by atoms with Crippen LogP contribution in [0.3, 0.4) is 0 Å². The second-order valence-electron chi connectivity index (χ2n) is 6.53. The standard InChI is InChI=1S/C21H19FN4O5S/c1-14(16-7-3-4-8-17(16)22)23-24-18-12-11-15(13-20(18)26(27)28)32(29,30)25-19-9-5-6-10-21(19)31-2/h3-13,24-25H,1-2H3. The Morgan fingerprint density at radius 3 is 2.44 bits per heavy atom. The van der Waals surface area contributed by atoms with Gasteiger partial charge in [0.2, 0.25) is 0 Å². The molecule has 0 aromatic heterocycles. The SMILES string of the molecule is COc1ccccc1NS(=O)(=O)c1ccc(NN=C(C)c2ccccc2F)c([N+](=O)[O-])c1. The number of para-hydroxylation sites is 2. The summed E-state index contributed by atoms with van der Waals surface area (Å²) in [7, 11) is -2.76. The van der Waals surface area contributed by atoms with E-state index < -0.39 is 26.5 Å². The van der Waals surface area contributed by atoms with Gasteiger partial charge in [-0.2, -0.15) is 5.10 Å². The van der Waals surface area contributed by atoms with E-state index in [2.05, 4.69) is 15.2 Å². The first kappa shape index (κ1) is 22.7. The van der Waals surface area contributed by atoms with Gasteiger partial charge in [-0.3, -0.25) is 20.3 Å². The minimum absolute atomic E-state index is 0.0538. The minimum atomic E-state index is -4.15. The monoisotopic (exact) mass is 458 g/mol. The fourth-order valence-electron chi connectivity index (χ4n) is 2.82. The molecular weight excluding hydrogens is 439 g/mol. The highest BCUT2D eigenvalue weighted by Gasteiger charge is 2.22. The number of nitro groups is 1. The van der Waals surface area contributed by atoms with Crippen molar-refractivity contribution in [3.05, 3.63) is 88.2 Å². The van der Waals surface area contributed by atoms with Crippen LogP contribution in [0.15, 0.2) is 76.7 Å². The predicted molar refractivity (Wildman–Crippen MR) is 119 cm³/mol. The van der Waals surface area contributed by atoms with Gasteiger partial charge in [-0.05, 0) is 37.3 Å². The maximum Gasteiger partial charge on any atom is 0.295 e. The summed E-state index contributed by atoms with van der Waals surface area (Å²) in [5, 5.41) is 15.5. The lowest BCUT2D eigenvalue weighted by molar-refractivity contribution is -0.384. The molecule has 166 valence electrons. The molecule has 9 nitrogen and oxygen atoms in total. The van der Waals surface area contributed by atoms with Crippen LogP contribution in [0.5, 0.6) is 5.75 Å². The van der Waals surface area contributed by atoms with Crippen LogP contribution in [0.25, 0.3) is 0 Å². The molecule has 0 saturated carbocycles. The van der Waals surface area contributed by atoms with Gasteiger partial charge in [0.05, 0.1) is 28.3 Å². The molecule has 0 saturated heterocycles. The van der Waals surface area contributed by atoms with Gasteiger partial charge >= 0.3 is 0 Å². The molecule has 3 aromatic carbocycles. The van der Waals surface area contributed by atoms with Gasteiger partial charge in [-0.1, -0.05) is 30.3 Å². The molecule has 11 heteroatoms. The number of nitrogens with one attached hydrogen (secondary N) is 2. The summed E-state index contributed by atoms with van der Waals surface area (Å²) in [5.74, 6) is -0.198. The molecule has 0 atom stereocenters. The van der Waals surface area contributed by atoms with E-state index in [1.165, 1.54) is 50.4 Å². The maximum atomic E-state index is 13.9. The van der Waals surface area contributed by atoms with Crippen molar-refractivity contribution in [2.24, 2.45) is 5.10 Å². The summed E-state index contributed by atoms with van der Waals surface area (Å²) in [6.45, 7) is 1.53. The van der Waals surface area contributed by atoms with E-state index in [4.69, 9.17) is 4.74 Å². The molecule has 3 rings (SSSR count). The Balaban J connectivity index is 1.91. The van der Waals surface area contributed by atoms with Gasteiger partial charge in [0, 0.05) is 11.6 Å². The molecule has 0 aliphatic heterocycles. The van der Waals surface area contributed by atoms with Gasteiger partial charge in [0.15, 0.2) is 0 Å². The van der Waals surface area contributed by atoms with Crippen LogP contribution in [0.4, 0.5) is 21.5 Å². The molecule has 2 N–H and O–H groups in total. The molecule has 0 spiro atoms. The highest BCUT2D eigenvalue weighted by atomic mass is 32.2. The number of benzene rings is 3. The number of nitrogens with zero attached hydrogens (tertiary/aromatic N) is 2. The molecule has 32 heavy (non-hydrogen) atoms. The average Bonchev–Trinajstić information content (AvgIpc) is 2.77. The topological polar surface area (TPSA) is 123 Å². The molecule has 0 heterocycles. The number of sulfonamides is 1.